The van der Waals surface area contributed by atoms with E-state index < -0.39 is 34.4 Å². The fourth-order valence-corrected chi connectivity index (χ4v) is 4.68. The number of hydrogen-bond donors (Lipinski definition) is 1. The molecule has 1 amide bonds. The Kier molecular flexibility index (Phi) is 7.12. The van der Waals surface area contributed by atoms with Crippen molar-refractivity contribution < 1.29 is 31.3 Å². The van der Waals surface area contributed by atoms with Gasteiger partial charge in [0.25, 0.3) is 0 Å². The highest BCUT2D eigenvalue weighted by Gasteiger charge is 2.34. The summed E-state index contributed by atoms with van der Waals surface area (Å²) >= 11 is 0. The summed E-state index contributed by atoms with van der Waals surface area (Å²) in [4.78, 5) is 16.5. The number of halogens is 4. The van der Waals surface area contributed by atoms with Crippen molar-refractivity contribution in [2.24, 2.45) is 0 Å². The van der Waals surface area contributed by atoms with Gasteiger partial charge in [-0.05, 0) is 35.9 Å². The monoisotopic (exact) mass is 499 g/mol. The molecule has 4 rings (SSSR count). The molecular weight excluding hydrogens is 478 g/mol. The Hall–Kier alpha value is -3.06. The van der Waals surface area contributed by atoms with Crippen LogP contribution in [0.5, 0.6) is 0 Å². The molecule has 0 spiro atoms. The van der Waals surface area contributed by atoms with Gasteiger partial charge in [0.2, 0.25) is 0 Å². The highest BCUT2D eigenvalue weighted by Crippen LogP contribution is 2.31. The van der Waals surface area contributed by atoms with Gasteiger partial charge in [-0.3, -0.25) is 9.11 Å². The molecule has 2 aromatic carbocycles. The lowest BCUT2D eigenvalue weighted by Crippen LogP contribution is -2.49. The Bertz CT molecular complexity index is 1190. The van der Waals surface area contributed by atoms with Crippen molar-refractivity contribution in [1.29, 1.82) is 0 Å². The Morgan fingerprint density at radius 3 is 2.50 bits per heavy atom. The fourth-order valence-electron chi connectivity index (χ4n) is 3.56. The van der Waals surface area contributed by atoms with E-state index >= 15 is 0 Å². The largest absolute Gasteiger partial charge is 0.445 e. The van der Waals surface area contributed by atoms with Crippen LogP contribution in [0.15, 0.2) is 41.3 Å². The highest BCUT2D eigenvalue weighted by molar-refractivity contribution is 7.85. The summed E-state index contributed by atoms with van der Waals surface area (Å²) < 4.78 is 69.3. The zero-order valence-electron chi connectivity index (χ0n) is 17.8. The maximum absolute atomic E-state index is 13.7. The first-order valence-corrected chi connectivity index (χ1v) is 11.7. The van der Waals surface area contributed by atoms with Crippen LogP contribution in [0.1, 0.15) is 11.1 Å². The van der Waals surface area contributed by atoms with Crippen LogP contribution >= 0.6 is 0 Å². The van der Waals surface area contributed by atoms with Crippen molar-refractivity contribution in [2.75, 3.05) is 38.5 Å². The molecule has 1 aliphatic heterocycles. The van der Waals surface area contributed by atoms with Gasteiger partial charge in [-0.15, -0.1) is 0 Å². The number of hydrogen-bond acceptors (Lipinski definition) is 6. The van der Waals surface area contributed by atoms with Gasteiger partial charge in [-0.2, -0.15) is 28.6 Å². The van der Waals surface area contributed by atoms with E-state index in [9.17, 15) is 26.6 Å². The van der Waals surface area contributed by atoms with Crippen molar-refractivity contribution >= 4 is 27.9 Å². The van der Waals surface area contributed by atoms with E-state index in [4.69, 9.17) is 4.74 Å². The zero-order valence-corrected chi connectivity index (χ0v) is 18.7. The van der Waals surface area contributed by atoms with E-state index in [-0.39, 0.29) is 12.2 Å². The average Bonchev–Trinajstić information content (AvgIpc) is 3.28. The number of piperazine rings is 1. The van der Waals surface area contributed by atoms with E-state index in [1.54, 1.807) is 18.2 Å². The number of carbonyl (C=O) groups excluding carboxylic acids is 1. The lowest BCUT2D eigenvalue weighted by molar-refractivity contribution is -0.140. The first kappa shape index (κ1) is 24.1. The van der Waals surface area contributed by atoms with Crippen molar-refractivity contribution in [3.63, 3.8) is 0 Å². The predicted molar refractivity (Wildman–Crippen MR) is 115 cm³/mol. The first-order chi connectivity index (χ1) is 16.2. The molecule has 0 bridgehead atoms. The third-order valence-electron chi connectivity index (χ3n) is 5.48. The molecule has 0 unspecified atom stereocenters. The molecule has 1 atom stereocenters. The van der Waals surface area contributed by atoms with E-state index in [2.05, 4.69) is 20.3 Å². The number of carbonyl (C=O) groups is 1. The van der Waals surface area contributed by atoms with Gasteiger partial charge in [0, 0.05) is 43.4 Å². The topological polar surface area (TPSA) is 91.4 Å². The summed E-state index contributed by atoms with van der Waals surface area (Å²) in [5.74, 6) is -0.985. The second-order valence-corrected chi connectivity index (χ2v) is 9.29. The second-order valence-electron chi connectivity index (χ2n) is 7.72. The second kappa shape index (κ2) is 10.1. The molecule has 1 fully saturated rings. The van der Waals surface area contributed by atoms with Crippen LogP contribution in [0.4, 0.5) is 22.4 Å². The number of nitrogens with one attached hydrogen (secondary N) is 1. The molecule has 1 N–H and O–H groups in total. The molecule has 8 nitrogen and oxygen atoms in total. The molecule has 34 heavy (non-hydrogen) atoms. The lowest BCUT2D eigenvalue weighted by Gasteiger charge is -2.33. The Labute approximate surface area is 194 Å². The van der Waals surface area contributed by atoms with E-state index in [0.717, 1.165) is 6.07 Å². The molecule has 2 heterocycles. The molecule has 0 aliphatic carbocycles. The van der Waals surface area contributed by atoms with Crippen LogP contribution in [-0.2, 0) is 28.3 Å². The quantitative estimate of drug-likeness (QED) is 0.524. The summed E-state index contributed by atoms with van der Waals surface area (Å²) in [7, 11) is -1.21. The number of aromatic nitrogens is 3. The number of fused-ring (bicyclic) bond motifs is 1. The summed E-state index contributed by atoms with van der Waals surface area (Å²) in [5, 5.41) is 10.5. The maximum Gasteiger partial charge on any atom is 0.419 e. The van der Waals surface area contributed by atoms with Gasteiger partial charge in [-0.1, -0.05) is 6.07 Å². The Morgan fingerprint density at radius 2 is 1.79 bits per heavy atom. The SMILES string of the molecule is O=C(OCc1ccc(C(F)(F)F)c(F)c1)N1CCN(CC[S@@](=O)c2ccc3n[nH]nc3c2)CC1. The molecule has 0 saturated carbocycles. The van der Waals surface area contributed by atoms with Gasteiger partial charge in [-0.25, -0.2) is 9.18 Å². The smallest absolute Gasteiger partial charge is 0.419 e. The maximum atomic E-state index is 13.7. The molecule has 0 radical (unpaired) electrons. The number of aromatic amines is 1. The van der Waals surface area contributed by atoms with E-state index in [1.165, 1.54) is 4.90 Å². The number of nitrogens with zero attached hydrogens (tertiary/aromatic N) is 4. The van der Waals surface area contributed by atoms with Crippen LogP contribution in [0, 0.1) is 5.82 Å². The molecular formula is C21H21F4N5O3S. The summed E-state index contributed by atoms with van der Waals surface area (Å²) in [5.41, 5.74) is 0.117. The van der Waals surface area contributed by atoms with Crippen LogP contribution < -0.4 is 0 Å². The fraction of sp³-hybridized carbons (Fsp3) is 0.381. The van der Waals surface area contributed by atoms with E-state index in [0.29, 0.717) is 66.5 Å². The Morgan fingerprint density at radius 1 is 1.06 bits per heavy atom. The van der Waals surface area contributed by atoms with Crippen molar-refractivity contribution in [1.82, 2.24) is 25.2 Å². The normalized spacial score (nSPS) is 16.1. The molecule has 182 valence electrons. The number of rotatable bonds is 6. The van der Waals surface area contributed by atoms with Crippen molar-refractivity contribution in [2.45, 2.75) is 17.7 Å². The Balaban J connectivity index is 1.21. The van der Waals surface area contributed by atoms with Crippen molar-refractivity contribution in [3.05, 3.63) is 53.3 Å². The molecule has 3 aromatic rings. The van der Waals surface area contributed by atoms with Gasteiger partial charge in [0.05, 0.1) is 16.4 Å². The lowest BCUT2D eigenvalue weighted by atomic mass is 10.1. The average molecular weight is 499 g/mol. The first-order valence-electron chi connectivity index (χ1n) is 10.4. The minimum absolute atomic E-state index is 0.128. The van der Waals surface area contributed by atoms with Gasteiger partial charge >= 0.3 is 12.3 Å². The van der Waals surface area contributed by atoms with Crippen LogP contribution in [-0.4, -0.2) is 74.0 Å². The van der Waals surface area contributed by atoms with Gasteiger partial charge < -0.3 is 9.64 Å². The summed E-state index contributed by atoms with van der Waals surface area (Å²) in [6.07, 6.45) is -5.40. The highest BCUT2D eigenvalue weighted by atomic mass is 32.2. The minimum atomic E-state index is -4.78. The number of H-pyrrole nitrogens is 1. The standard InChI is InChI=1S/C21H21F4N5O3S/c22-17-11-14(1-3-16(17)21(23,24)25)13-33-20(31)30-7-5-29(6-8-30)9-10-34(32)15-2-4-18-19(12-15)27-28-26-18/h1-4,11-12H,5-10,13H2,(H,26,27,28)/t34-/m1/s1. The predicted octanol–water partition coefficient (Wildman–Crippen LogP) is 3.18. The van der Waals surface area contributed by atoms with Crippen LogP contribution in [0.25, 0.3) is 11.0 Å². The van der Waals surface area contributed by atoms with Crippen molar-refractivity contribution in [3.8, 4) is 0 Å². The number of benzene rings is 2. The molecule has 1 aliphatic rings. The third kappa shape index (κ3) is 5.70. The third-order valence-corrected chi connectivity index (χ3v) is 6.81. The zero-order chi connectivity index (χ0) is 24.3. The number of amides is 1. The number of ether oxygens (including phenoxy) is 1. The van der Waals surface area contributed by atoms with E-state index in [1.807, 2.05) is 0 Å². The van der Waals surface area contributed by atoms with Crippen LogP contribution in [0.2, 0.25) is 0 Å². The molecule has 1 aromatic heterocycles. The summed E-state index contributed by atoms with van der Waals surface area (Å²) in [6, 6.07) is 7.69. The van der Waals surface area contributed by atoms with Gasteiger partial charge in [0.1, 0.15) is 23.5 Å². The molecule has 13 heteroatoms. The number of alkyl halides is 3. The van der Waals surface area contributed by atoms with Crippen LogP contribution in [0.3, 0.4) is 0 Å². The minimum Gasteiger partial charge on any atom is -0.445 e. The summed E-state index contributed by atoms with van der Waals surface area (Å²) in [6.45, 7) is 2.14. The molecule has 1 saturated heterocycles. The van der Waals surface area contributed by atoms with Gasteiger partial charge in [0.15, 0.2) is 0 Å².